The molecule has 31 heavy (non-hydrogen) atoms. The average molecular weight is 418 g/mol. The van der Waals surface area contributed by atoms with Gasteiger partial charge in [-0.2, -0.15) is 0 Å². The maximum Gasteiger partial charge on any atom is 0.318 e. The highest BCUT2D eigenvalue weighted by atomic mass is 16.5. The van der Waals surface area contributed by atoms with Crippen molar-refractivity contribution in [1.29, 1.82) is 0 Å². The predicted molar refractivity (Wildman–Crippen MR) is 124 cm³/mol. The van der Waals surface area contributed by atoms with Gasteiger partial charge in [0.25, 0.3) is 0 Å². The zero-order valence-electron chi connectivity index (χ0n) is 18.4. The van der Waals surface area contributed by atoms with Crippen molar-refractivity contribution in [2.24, 2.45) is 0 Å². The number of hydrogen-bond acceptors (Lipinski definition) is 2. The number of aryl methyl sites for hydroxylation is 1. The molecular weight excluding hydrogens is 386 g/mol. The van der Waals surface area contributed by atoms with E-state index in [0.29, 0.717) is 12.6 Å². The van der Waals surface area contributed by atoms with Gasteiger partial charge in [-0.25, -0.2) is 4.79 Å². The van der Waals surface area contributed by atoms with Crippen LogP contribution in [0.25, 0.3) is 10.9 Å². The van der Waals surface area contributed by atoms with Crippen LogP contribution in [0.5, 0.6) is 5.75 Å². The number of fused-ring (bicyclic) bond motifs is 3. The number of aromatic amines is 1. The Morgan fingerprint density at radius 2 is 1.94 bits per heavy atom. The Bertz CT molecular complexity index is 1100. The number of aromatic nitrogens is 1. The second-order valence-electron chi connectivity index (χ2n) is 8.92. The first-order chi connectivity index (χ1) is 15.2. The van der Waals surface area contributed by atoms with Crippen LogP contribution >= 0.6 is 0 Å². The van der Waals surface area contributed by atoms with Crippen LogP contribution in [0, 0.1) is 6.92 Å². The molecule has 1 unspecified atom stereocenters. The van der Waals surface area contributed by atoms with Crippen LogP contribution in [0.4, 0.5) is 4.79 Å². The van der Waals surface area contributed by atoms with Gasteiger partial charge in [0.2, 0.25) is 0 Å². The summed E-state index contributed by atoms with van der Waals surface area (Å²) in [5.41, 5.74) is 5.90. The zero-order valence-corrected chi connectivity index (χ0v) is 18.4. The van der Waals surface area contributed by atoms with E-state index in [0.717, 1.165) is 36.2 Å². The molecule has 5 nitrogen and oxygen atoms in total. The minimum atomic E-state index is -0.119. The molecule has 162 valence electrons. The van der Waals surface area contributed by atoms with Crippen molar-refractivity contribution in [2.45, 2.75) is 57.5 Å². The lowest BCUT2D eigenvalue weighted by Gasteiger charge is -2.38. The Hall–Kier alpha value is -2.95. The number of rotatable bonds is 3. The molecule has 1 saturated carbocycles. The molecule has 3 aromatic rings. The Morgan fingerprint density at radius 1 is 1.13 bits per heavy atom. The summed E-state index contributed by atoms with van der Waals surface area (Å²) in [6.45, 7) is 2.83. The third-order valence-electron chi connectivity index (χ3n) is 7.01. The number of H-pyrrole nitrogens is 1. The largest absolute Gasteiger partial charge is 0.497 e. The number of methoxy groups -OCH3 is 1. The average Bonchev–Trinajstić information content (AvgIpc) is 3.17. The Kier molecular flexibility index (Phi) is 5.34. The third kappa shape index (κ3) is 3.67. The summed E-state index contributed by atoms with van der Waals surface area (Å²) in [5, 5.41) is 4.54. The lowest BCUT2D eigenvalue weighted by atomic mass is 9.90. The van der Waals surface area contributed by atoms with Crippen molar-refractivity contribution in [1.82, 2.24) is 15.2 Å². The fraction of sp³-hybridized carbons (Fsp3) is 0.423. The molecule has 1 aliphatic carbocycles. The van der Waals surface area contributed by atoms with Gasteiger partial charge in [-0.3, -0.25) is 0 Å². The van der Waals surface area contributed by atoms with Crippen molar-refractivity contribution in [2.75, 3.05) is 13.7 Å². The van der Waals surface area contributed by atoms with Crippen LogP contribution in [-0.2, 0) is 6.42 Å². The first kappa shape index (κ1) is 20.0. The zero-order chi connectivity index (χ0) is 21.4. The maximum absolute atomic E-state index is 13.5. The quantitative estimate of drug-likeness (QED) is 0.593. The second kappa shape index (κ2) is 8.29. The fourth-order valence-electron chi connectivity index (χ4n) is 5.33. The maximum atomic E-state index is 13.5. The highest BCUT2D eigenvalue weighted by molar-refractivity contribution is 5.87. The van der Waals surface area contributed by atoms with Gasteiger partial charge >= 0.3 is 6.03 Å². The molecule has 0 saturated heterocycles. The van der Waals surface area contributed by atoms with E-state index in [1.807, 2.05) is 11.0 Å². The summed E-state index contributed by atoms with van der Waals surface area (Å²) in [6, 6.07) is 14.8. The van der Waals surface area contributed by atoms with Crippen LogP contribution < -0.4 is 10.1 Å². The highest BCUT2D eigenvalue weighted by Crippen LogP contribution is 2.40. The van der Waals surface area contributed by atoms with Gasteiger partial charge in [0.1, 0.15) is 5.75 Å². The summed E-state index contributed by atoms with van der Waals surface area (Å²) in [6.07, 6.45) is 6.71. The van der Waals surface area contributed by atoms with Crippen molar-refractivity contribution < 1.29 is 9.53 Å². The number of nitrogens with zero attached hydrogens (tertiary/aromatic N) is 1. The third-order valence-corrected chi connectivity index (χ3v) is 7.01. The number of urea groups is 1. The summed E-state index contributed by atoms with van der Waals surface area (Å²) >= 11 is 0. The van der Waals surface area contributed by atoms with Gasteiger partial charge in [-0.15, -0.1) is 0 Å². The van der Waals surface area contributed by atoms with E-state index in [4.69, 9.17) is 4.74 Å². The van der Waals surface area contributed by atoms with Crippen molar-refractivity contribution in [3.8, 4) is 5.75 Å². The molecule has 0 bridgehead atoms. The van der Waals surface area contributed by atoms with Gasteiger partial charge in [-0.1, -0.05) is 43.5 Å². The molecule has 1 aliphatic heterocycles. The van der Waals surface area contributed by atoms with Crippen LogP contribution in [0.15, 0.2) is 42.5 Å². The lowest BCUT2D eigenvalue weighted by Crippen LogP contribution is -2.49. The molecular formula is C26H31N3O2. The Labute approximate surface area is 183 Å². The standard InChI is InChI=1S/C26H31N3O2/c1-17-8-6-7-11-20(17)25-24-21(22-16-19(31-2)12-13-23(22)28-24)14-15-29(25)26(30)27-18-9-4-3-5-10-18/h6-8,11-13,16,18,25,28H,3-5,9-10,14-15H2,1-2H3,(H,27,30). The van der Waals surface area contributed by atoms with Gasteiger partial charge in [0, 0.05) is 29.2 Å². The smallest absolute Gasteiger partial charge is 0.318 e. The Morgan fingerprint density at radius 3 is 2.71 bits per heavy atom. The number of amides is 2. The molecule has 1 atom stereocenters. The van der Waals surface area contributed by atoms with E-state index in [2.05, 4.69) is 53.6 Å². The molecule has 0 radical (unpaired) electrons. The fourth-order valence-corrected chi connectivity index (χ4v) is 5.33. The number of hydrogen-bond donors (Lipinski definition) is 2. The van der Waals surface area contributed by atoms with Crippen molar-refractivity contribution >= 4 is 16.9 Å². The highest BCUT2D eigenvalue weighted by Gasteiger charge is 2.36. The summed E-state index contributed by atoms with van der Waals surface area (Å²) in [7, 11) is 1.70. The predicted octanol–water partition coefficient (Wildman–Crippen LogP) is 5.47. The number of benzene rings is 2. The lowest BCUT2D eigenvalue weighted by molar-refractivity contribution is 0.172. The van der Waals surface area contributed by atoms with E-state index in [1.165, 1.54) is 41.3 Å². The minimum absolute atomic E-state index is 0.0574. The molecule has 2 aromatic carbocycles. The van der Waals surface area contributed by atoms with Crippen LogP contribution in [0.2, 0.25) is 0 Å². The summed E-state index contributed by atoms with van der Waals surface area (Å²) in [5.74, 6) is 0.860. The van der Waals surface area contributed by atoms with E-state index in [-0.39, 0.29) is 12.1 Å². The molecule has 1 aromatic heterocycles. The number of nitrogens with one attached hydrogen (secondary N) is 2. The van der Waals surface area contributed by atoms with Gasteiger partial charge < -0.3 is 19.9 Å². The molecule has 2 heterocycles. The van der Waals surface area contributed by atoms with Crippen LogP contribution in [-0.4, -0.2) is 35.6 Å². The molecule has 1 fully saturated rings. The van der Waals surface area contributed by atoms with Crippen LogP contribution in [0.1, 0.15) is 60.5 Å². The SMILES string of the molecule is COc1ccc2[nH]c3c(c2c1)CCN(C(=O)NC1CCCCC1)C3c1ccccc1C. The van der Waals surface area contributed by atoms with Gasteiger partial charge in [0.05, 0.1) is 13.2 Å². The number of carbonyl (C=O) groups excluding carboxylic acids is 1. The molecule has 2 aliphatic rings. The van der Waals surface area contributed by atoms with E-state index >= 15 is 0 Å². The Balaban J connectivity index is 1.57. The van der Waals surface area contributed by atoms with Crippen molar-refractivity contribution in [3.63, 3.8) is 0 Å². The van der Waals surface area contributed by atoms with E-state index in [1.54, 1.807) is 7.11 Å². The normalized spacial score (nSPS) is 19.3. The second-order valence-corrected chi connectivity index (χ2v) is 8.92. The van der Waals surface area contributed by atoms with Crippen LogP contribution in [0.3, 0.4) is 0 Å². The molecule has 5 heteroatoms. The molecule has 5 rings (SSSR count). The topological polar surface area (TPSA) is 57.4 Å². The monoisotopic (exact) mass is 417 g/mol. The number of ether oxygens (including phenoxy) is 1. The van der Waals surface area contributed by atoms with Gasteiger partial charge in [0.15, 0.2) is 0 Å². The first-order valence-electron chi connectivity index (χ1n) is 11.5. The van der Waals surface area contributed by atoms with Crippen molar-refractivity contribution in [3.05, 3.63) is 64.8 Å². The molecule has 2 N–H and O–H groups in total. The summed E-state index contributed by atoms with van der Waals surface area (Å²) in [4.78, 5) is 19.2. The molecule has 2 amide bonds. The molecule has 0 spiro atoms. The first-order valence-corrected chi connectivity index (χ1v) is 11.5. The minimum Gasteiger partial charge on any atom is -0.497 e. The van der Waals surface area contributed by atoms with E-state index < -0.39 is 0 Å². The van der Waals surface area contributed by atoms with E-state index in [9.17, 15) is 4.79 Å². The van der Waals surface area contributed by atoms with Gasteiger partial charge in [-0.05, 0) is 61.1 Å². The summed E-state index contributed by atoms with van der Waals surface area (Å²) < 4.78 is 5.47. The number of carbonyl (C=O) groups is 1.